The summed E-state index contributed by atoms with van der Waals surface area (Å²) < 4.78 is 4.47. The van der Waals surface area contributed by atoms with E-state index in [0.717, 1.165) is 0 Å². The second-order valence-electron chi connectivity index (χ2n) is 4.40. The summed E-state index contributed by atoms with van der Waals surface area (Å²) in [6, 6.07) is -2.65. The minimum absolute atomic E-state index is 0.397. The molecule has 8 heteroatoms. The molecule has 0 bridgehead atoms. The van der Waals surface area contributed by atoms with Crippen molar-refractivity contribution in [2.45, 2.75) is 38.9 Å². The van der Waals surface area contributed by atoms with Crippen molar-refractivity contribution in [1.29, 1.82) is 0 Å². The summed E-state index contributed by atoms with van der Waals surface area (Å²) in [7, 11) is 1.21. The number of ether oxygens (including phenoxy) is 1. The van der Waals surface area contributed by atoms with E-state index in [-0.39, 0.29) is 0 Å². The van der Waals surface area contributed by atoms with Crippen molar-refractivity contribution in [2.24, 2.45) is 0 Å². The first-order valence-corrected chi connectivity index (χ1v) is 6.31. The van der Waals surface area contributed by atoms with Crippen LogP contribution in [0, 0.1) is 0 Å². The van der Waals surface area contributed by atoms with Crippen molar-refractivity contribution in [3.8, 4) is 0 Å². The van der Waals surface area contributed by atoms with E-state index in [1.807, 2.05) is 0 Å². The molecule has 0 aliphatic heterocycles. The van der Waals surface area contributed by atoms with Gasteiger partial charge in [0.2, 0.25) is 17.7 Å². The van der Waals surface area contributed by atoms with Gasteiger partial charge in [0.15, 0.2) is 0 Å². The standard InChI is InChI=1S/C13H21N3O5/c1-6-10(16-9(4)17)12(19)14-7(2)11(18)15-8(3)13(20)21-5/h6-8,10H,1H2,2-5H3,(H,14,19)(H,15,18)(H,16,17)/t7-,8-,10-/m0/s1. The van der Waals surface area contributed by atoms with Crippen LogP contribution in [-0.2, 0) is 23.9 Å². The predicted molar refractivity (Wildman–Crippen MR) is 75.0 cm³/mol. The summed E-state index contributed by atoms with van der Waals surface area (Å²) >= 11 is 0. The molecular formula is C13H21N3O5. The van der Waals surface area contributed by atoms with Gasteiger partial charge in [-0.05, 0) is 13.8 Å². The van der Waals surface area contributed by atoms with Crippen LogP contribution in [0.2, 0.25) is 0 Å². The van der Waals surface area contributed by atoms with E-state index in [1.165, 1.54) is 34.0 Å². The monoisotopic (exact) mass is 299 g/mol. The van der Waals surface area contributed by atoms with E-state index < -0.39 is 41.8 Å². The molecule has 3 N–H and O–H groups in total. The lowest BCUT2D eigenvalue weighted by atomic mass is 10.2. The lowest BCUT2D eigenvalue weighted by Crippen LogP contribution is -2.53. The van der Waals surface area contributed by atoms with E-state index in [9.17, 15) is 19.2 Å². The van der Waals surface area contributed by atoms with Gasteiger partial charge in [0, 0.05) is 6.92 Å². The molecule has 3 atom stereocenters. The lowest BCUT2D eigenvalue weighted by Gasteiger charge is -2.19. The Balaban J connectivity index is 4.52. The number of carbonyl (C=O) groups is 4. The average Bonchev–Trinajstić information content (AvgIpc) is 2.42. The highest BCUT2D eigenvalue weighted by Crippen LogP contribution is 1.92. The van der Waals surface area contributed by atoms with Crippen molar-refractivity contribution >= 4 is 23.7 Å². The van der Waals surface area contributed by atoms with Gasteiger partial charge in [0.05, 0.1) is 7.11 Å². The predicted octanol–water partition coefficient (Wildman–Crippen LogP) is -1.14. The van der Waals surface area contributed by atoms with Crippen LogP contribution in [0.4, 0.5) is 0 Å². The second kappa shape index (κ2) is 8.72. The molecule has 118 valence electrons. The minimum atomic E-state index is -0.934. The van der Waals surface area contributed by atoms with E-state index in [4.69, 9.17) is 0 Å². The third-order valence-electron chi connectivity index (χ3n) is 2.54. The fourth-order valence-electron chi connectivity index (χ4n) is 1.39. The number of rotatable bonds is 7. The SMILES string of the molecule is C=C[C@H](NC(C)=O)C(=O)N[C@@H](C)C(=O)N[C@@H](C)C(=O)OC. The van der Waals surface area contributed by atoms with Crippen LogP contribution in [-0.4, -0.2) is 48.9 Å². The molecule has 0 saturated carbocycles. The molecule has 0 aromatic rings. The van der Waals surface area contributed by atoms with Crippen LogP contribution < -0.4 is 16.0 Å². The molecule has 0 aromatic heterocycles. The number of hydrogen-bond acceptors (Lipinski definition) is 5. The van der Waals surface area contributed by atoms with Gasteiger partial charge < -0.3 is 20.7 Å². The van der Waals surface area contributed by atoms with E-state index >= 15 is 0 Å². The number of carbonyl (C=O) groups excluding carboxylic acids is 4. The molecule has 0 rings (SSSR count). The highest BCUT2D eigenvalue weighted by atomic mass is 16.5. The fourth-order valence-corrected chi connectivity index (χ4v) is 1.39. The molecule has 0 radical (unpaired) electrons. The van der Waals surface area contributed by atoms with Gasteiger partial charge in [0.25, 0.3) is 0 Å². The third-order valence-corrected chi connectivity index (χ3v) is 2.54. The van der Waals surface area contributed by atoms with Gasteiger partial charge in [-0.1, -0.05) is 6.08 Å². The average molecular weight is 299 g/mol. The van der Waals surface area contributed by atoms with Crippen LogP contribution in [0.25, 0.3) is 0 Å². The number of amides is 3. The fraction of sp³-hybridized carbons (Fsp3) is 0.538. The zero-order valence-corrected chi connectivity index (χ0v) is 12.6. The summed E-state index contributed by atoms with van der Waals surface area (Å²) in [4.78, 5) is 45.7. The maximum atomic E-state index is 11.8. The smallest absolute Gasteiger partial charge is 0.328 e. The topological polar surface area (TPSA) is 114 Å². The van der Waals surface area contributed by atoms with Crippen molar-refractivity contribution in [1.82, 2.24) is 16.0 Å². The Morgan fingerprint density at radius 1 is 1.00 bits per heavy atom. The molecule has 0 unspecified atom stereocenters. The van der Waals surface area contributed by atoms with Gasteiger partial charge >= 0.3 is 5.97 Å². The molecule has 0 aliphatic rings. The van der Waals surface area contributed by atoms with Crippen LogP contribution in [0.1, 0.15) is 20.8 Å². The van der Waals surface area contributed by atoms with Gasteiger partial charge in [-0.3, -0.25) is 14.4 Å². The number of nitrogens with one attached hydrogen (secondary N) is 3. The number of esters is 1. The van der Waals surface area contributed by atoms with Gasteiger partial charge in [0.1, 0.15) is 18.1 Å². The van der Waals surface area contributed by atoms with Gasteiger partial charge in [-0.2, -0.15) is 0 Å². The molecule has 0 heterocycles. The molecule has 0 spiro atoms. The normalized spacial score (nSPS) is 14.1. The first kappa shape index (κ1) is 18.6. The summed E-state index contributed by atoms with van der Waals surface area (Å²) in [5.41, 5.74) is 0. The molecular weight excluding hydrogens is 278 g/mol. The minimum Gasteiger partial charge on any atom is -0.467 e. The van der Waals surface area contributed by atoms with Gasteiger partial charge in [-0.15, -0.1) is 6.58 Å². The Kier molecular flexibility index (Phi) is 7.74. The molecule has 8 nitrogen and oxygen atoms in total. The molecule has 0 fully saturated rings. The Bertz CT molecular complexity index is 436. The zero-order chi connectivity index (χ0) is 16.6. The summed E-state index contributed by atoms with van der Waals surface area (Å²) in [5.74, 6) is -2.11. The Hall–Kier alpha value is -2.38. The second-order valence-corrected chi connectivity index (χ2v) is 4.40. The van der Waals surface area contributed by atoms with Crippen molar-refractivity contribution in [3.05, 3.63) is 12.7 Å². The van der Waals surface area contributed by atoms with Crippen molar-refractivity contribution in [3.63, 3.8) is 0 Å². The highest BCUT2D eigenvalue weighted by Gasteiger charge is 2.23. The summed E-state index contributed by atoms with van der Waals surface area (Å²) in [6.45, 7) is 7.60. The Morgan fingerprint density at radius 2 is 1.52 bits per heavy atom. The first-order valence-electron chi connectivity index (χ1n) is 6.31. The largest absolute Gasteiger partial charge is 0.467 e. The van der Waals surface area contributed by atoms with Crippen LogP contribution in [0.3, 0.4) is 0 Å². The number of methoxy groups -OCH3 is 1. The molecule has 0 saturated heterocycles. The number of hydrogen-bond donors (Lipinski definition) is 3. The van der Waals surface area contributed by atoms with Crippen molar-refractivity contribution < 1.29 is 23.9 Å². The summed E-state index contributed by atoms with van der Waals surface area (Å²) in [5, 5.41) is 7.17. The quantitative estimate of drug-likeness (QED) is 0.406. The van der Waals surface area contributed by atoms with E-state index in [0.29, 0.717) is 0 Å². The summed E-state index contributed by atoms with van der Waals surface area (Å²) in [6.07, 6.45) is 1.25. The van der Waals surface area contributed by atoms with Gasteiger partial charge in [-0.25, -0.2) is 4.79 Å². The maximum Gasteiger partial charge on any atom is 0.328 e. The molecule has 0 aliphatic carbocycles. The van der Waals surface area contributed by atoms with E-state index in [2.05, 4.69) is 27.3 Å². The highest BCUT2D eigenvalue weighted by molar-refractivity contribution is 5.93. The zero-order valence-electron chi connectivity index (χ0n) is 12.6. The first-order chi connectivity index (χ1) is 9.72. The molecule has 3 amide bonds. The Labute approximate surface area is 123 Å². The maximum absolute atomic E-state index is 11.8. The van der Waals surface area contributed by atoms with Crippen LogP contribution >= 0.6 is 0 Å². The van der Waals surface area contributed by atoms with Crippen molar-refractivity contribution in [2.75, 3.05) is 7.11 Å². The lowest BCUT2D eigenvalue weighted by molar-refractivity contribution is -0.144. The molecule has 21 heavy (non-hydrogen) atoms. The van der Waals surface area contributed by atoms with E-state index in [1.54, 1.807) is 0 Å². The molecule has 0 aromatic carbocycles. The van der Waals surface area contributed by atoms with Crippen LogP contribution in [0.5, 0.6) is 0 Å². The van der Waals surface area contributed by atoms with Crippen LogP contribution in [0.15, 0.2) is 12.7 Å². The third kappa shape index (κ3) is 6.55. The Morgan fingerprint density at radius 3 is 1.95 bits per heavy atom.